The summed E-state index contributed by atoms with van der Waals surface area (Å²) in [5.41, 5.74) is 1.57. The van der Waals surface area contributed by atoms with Crippen molar-refractivity contribution in [1.29, 1.82) is 0 Å². The maximum atomic E-state index is 12.5. The quantitative estimate of drug-likeness (QED) is 0.0713. The summed E-state index contributed by atoms with van der Waals surface area (Å²) in [6, 6.07) is 12.5. The minimum atomic E-state index is -1.56. The molecule has 10 N–H and O–H groups in total. The molecule has 2 aliphatic heterocycles. The number of nitrogens with zero attached hydrogens (tertiary/aromatic N) is 2. The predicted molar refractivity (Wildman–Crippen MR) is 161 cm³/mol. The van der Waals surface area contributed by atoms with Gasteiger partial charge in [-0.25, -0.2) is 0 Å². The van der Waals surface area contributed by atoms with Gasteiger partial charge in [0.1, 0.15) is 48.8 Å². The molecule has 2 aliphatic rings. The number of azo groups is 1. The molecule has 4 rings (SSSR count). The number of aliphatic hydroxyl groups excluding tert-OH is 8. The van der Waals surface area contributed by atoms with Crippen molar-refractivity contribution in [3.05, 3.63) is 59.7 Å². The molecule has 0 unspecified atom stereocenters. The van der Waals surface area contributed by atoms with Crippen LogP contribution in [0.25, 0.3) is 0 Å². The first-order chi connectivity index (χ1) is 23.0. The minimum Gasteiger partial charge on any atom is -0.394 e. The molecule has 0 aromatic heterocycles. The third kappa shape index (κ3) is 9.56. The van der Waals surface area contributed by atoms with Gasteiger partial charge in [0.2, 0.25) is 0 Å². The fourth-order valence-corrected chi connectivity index (χ4v) is 4.77. The first-order valence-electron chi connectivity index (χ1n) is 15.1. The van der Waals surface area contributed by atoms with E-state index in [2.05, 4.69) is 20.9 Å². The second-order valence-electron chi connectivity index (χ2n) is 10.9. The van der Waals surface area contributed by atoms with E-state index in [1.807, 2.05) is 0 Å². The van der Waals surface area contributed by atoms with Crippen LogP contribution in [0.5, 0.6) is 0 Å². The van der Waals surface area contributed by atoms with Crippen molar-refractivity contribution >= 4 is 23.2 Å². The van der Waals surface area contributed by atoms with Crippen molar-refractivity contribution in [2.45, 2.75) is 61.4 Å². The van der Waals surface area contributed by atoms with Crippen molar-refractivity contribution in [3.8, 4) is 0 Å². The van der Waals surface area contributed by atoms with E-state index < -0.39 is 86.4 Å². The summed E-state index contributed by atoms with van der Waals surface area (Å²) in [6.07, 6.45) is -14.0. The third-order valence-corrected chi connectivity index (χ3v) is 7.58. The van der Waals surface area contributed by atoms with Gasteiger partial charge in [0.15, 0.2) is 12.6 Å². The number of nitrogens with one attached hydrogen (secondary N) is 2. The van der Waals surface area contributed by atoms with Crippen molar-refractivity contribution in [1.82, 2.24) is 10.6 Å². The summed E-state index contributed by atoms with van der Waals surface area (Å²) < 4.78 is 21.2. The Bertz CT molecular complexity index is 1240. The summed E-state index contributed by atoms with van der Waals surface area (Å²) in [7, 11) is 0. The number of aliphatic hydroxyl groups is 8. The van der Waals surface area contributed by atoms with Crippen molar-refractivity contribution < 1.29 is 69.4 Å². The first kappa shape index (κ1) is 37.3. The Hall–Kier alpha value is -3.50. The highest BCUT2D eigenvalue weighted by molar-refractivity contribution is 5.95. The molecule has 0 saturated carbocycles. The molecule has 2 amide bonds. The van der Waals surface area contributed by atoms with E-state index in [0.717, 1.165) is 0 Å². The number of carbonyl (C=O) groups is 2. The molecular formula is C30H40N4O14. The normalized spacial score (nSPS) is 30.7. The molecule has 0 radical (unpaired) electrons. The second kappa shape index (κ2) is 17.8. The molecular weight excluding hydrogens is 640 g/mol. The van der Waals surface area contributed by atoms with Crippen LogP contribution in [0.1, 0.15) is 20.7 Å². The molecule has 2 aromatic carbocycles. The number of benzene rings is 2. The van der Waals surface area contributed by atoms with Crippen LogP contribution in [0.2, 0.25) is 0 Å². The van der Waals surface area contributed by atoms with Crippen LogP contribution in [-0.4, -0.2) is 154 Å². The van der Waals surface area contributed by atoms with Gasteiger partial charge in [0, 0.05) is 24.2 Å². The molecule has 0 spiro atoms. The first-order valence-corrected chi connectivity index (χ1v) is 15.1. The Balaban J connectivity index is 1.16. The van der Waals surface area contributed by atoms with Gasteiger partial charge in [0.25, 0.3) is 11.8 Å². The number of carbonyl (C=O) groups excluding carboxylic acids is 2. The standard InChI is InChI=1S/C30H40N4O14/c35-13-19-21(37)23(39)25(41)29(47-19)45-11-9-31-27(43)15-1-5-17(6-2-15)33-34-18-7-3-16(4-8-18)28(44)32-10-12-46-30-26(42)24(40)22(38)20(14-36)48-30/h1-8,19-26,29-30,35-42H,9-14H2,(H,31,43)(H,32,44)/t19-,20-,21+,22+,23+,24+,25-,26-,29-,30-/m1/s1. The Kier molecular flexibility index (Phi) is 13.8. The van der Waals surface area contributed by atoms with E-state index in [9.17, 15) is 50.4 Å². The van der Waals surface area contributed by atoms with Gasteiger partial charge in [-0.05, 0) is 48.5 Å². The average Bonchev–Trinajstić information content (AvgIpc) is 3.10. The van der Waals surface area contributed by atoms with Crippen LogP contribution in [0.4, 0.5) is 11.4 Å². The molecule has 264 valence electrons. The van der Waals surface area contributed by atoms with E-state index in [4.69, 9.17) is 18.9 Å². The molecule has 0 aliphatic carbocycles. The lowest BCUT2D eigenvalue weighted by Crippen LogP contribution is -2.59. The van der Waals surface area contributed by atoms with E-state index in [0.29, 0.717) is 22.5 Å². The highest BCUT2D eigenvalue weighted by atomic mass is 16.7. The number of hydrogen-bond donors (Lipinski definition) is 10. The average molecular weight is 681 g/mol. The lowest BCUT2D eigenvalue weighted by atomic mass is 9.99. The van der Waals surface area contributed by atoms with Gasteiger partial charge in [-0.2, -0.15) is 10.2 Å². The van der Waals surface area contributed by atoms with E-state index in [1.165, 1.54) is 24.3 Å². The van der Waals surface area contributed by atoms with Crippen LogP contribution >= 0.6 is 0 Å². The minimum absolute atomic E-state index is 0.0409. The van der Waals surface area contributed by atoms with E-state index >= 15 is 0 Å². The number of amides is 2. The SMILES string of the molecule is O=C(NCCO[C@@H]1O[C@H](CO)[C@H](O)[C@H](O)[C@H]1O)c1ccc(N=Nc2ccc(C(=O)NCCO[C@@H]3O[C@H](CO)[C@H](O)[C@H](O)[C@H]3O)cc2)cc1. The van der Waals surface area contributed by atoms with Crippen LogP contribution in [0.3, 0.4) is 0 Å². The molecule has 2 heterocycles. The summed E-state index contributed by atoms with van der Waals surface area (Å²) in [5.74, 6) is -0.824. The molecule has 0 bridgehead atoms. The van der Waals surface area contributed by atoms with Crippen molar-refractivity contribution in [2.75, 3.05) is 39.5 Å². The highest BCUT2D eigenvalue weighted by Crippen LogP contribution is 2.23. The Morgan fingerprint density at radius 1 is 0.583 bits per heavy atom. The maximum Gasteiger partial charge on any atom is 0.251 e. The van der Waals surface area contributed by atoms with E-state index in [-0.39, 0.29) is 26.3 Å². The van der Waals surface area contributed by atoms with Gasteiger partial charge in [-0.15, -0.1) is 0 Å². The van der Waals surface area contributed by atoms with Crippen molar-refractivity contribution in [2.24, 2.45) is 10.2 Å². The lowest BCUT2D eigenvalue weighted by Gasteiger charge is -2.39. The molecule has 2 aromatic rings. The highest BCUT2D eigenvalue weighted by Gasteiger charge is 2.45. The lowest BCUT2D eigenvalue weighted by molar-refractivity contribution is -0.300. The Morgan fingerprint density at radius 2 is 0.938 bits per heavy atom. The second-order valence-corrected chi connectivity index (χ2v) is 10.9. The van der Waals surface area contributed by atoms with Crippen LogP contribution in [0.15, 0.2) is 58.8 Å². The number of ether oxygens (including phenoxy) is 4. The molecule has 18 nitrogen and oxygen atoms in total. The van der Waals surface area contributed by atoms with Crippen LogP contribution < -0.4 is 10.6 Å². The fourth-order valence-electron chi connectivity index (χ4n) is 4.77. The largest absolute Gasteiger partial charge is 0.394 e. The van der Waals surface area contributed by atoms with Gasteiger partial charge in [-0.3, -0.25) is 9.59 Å². The molecule has 18 heteroatoms. The van der Waals surface area contributed by atoms with Crippen LogP contribution in [0, 0.1) is 0 Å². The Morgan fingerprint density at radius 3 is 1.27 bits per heavy atom. The van der Waals surface area contributed by atoms with Gasteiger partial charge in [0.05, 0.1) is 37.8 Å². The zero-order valence-corrected chi connectivity index (χ0v) is 25.6. The van der Waals surface area contributed by atoms with Crippen LogP contribution in [-0.2, 0) is 18.9 Å². The molecule has 2 fully saturated rings. The third-order valence-electron chi connectivity index (χ3n) is 7.58. The zero-order chi connectivity index (χ0) is 34.8. The Labute approximate surface area is 274 Å². The van der Waals surface area contributed by atoms with Gasteiger partial charge in [-0.1, -0.05) is 0 Å². The number of hydrogen-bond acceptors (Lipinski definition) is 16. The van der Waals surface area contributed by atoms with Crippen molar-refractivity contribution in [3.63, 3.8) is 0 Å². The topological polar surface area (TPSA) is 282 Å². The summed E-state index contributed by atoms with van der Waals surface area (Å²) in [4.78, 5) is 24.9. The molecule has 10 atom stereocenters. The zero-order valence-electron chi connectivity index (χ0n) is 25.6. The van der Waals surface area contributed by atoms with Gasteiger partial charge < -0.3 is 70.4 Å². The summed E-state index contributed by atoms with van der Waals surface area (Å²) in [5, 5.41) is 91.2. The monoisotopic (exact) mass is 680 g/mol. The molecule has 2 saturated heterocycles. The maximum absolute atomic E-state index is 12.5. The van der Waals surface area contributed by atoms with Gasteiger partial charge >= 0.3 is 0 Å². The summed E-state index contributed by atoms with van der Waals surface area (Å²) >= 11 is 0. The summed E-state index contributed by atoms with van der Waals surface area (Å²) in [6.45, 7) is -1.25. The predicted octanol–water partition coefficient (Wildman–Crippen LogP) is -2.81. The smallest absolute Gasteiger partial charge is 0.251 e. The fraction of sp³-hybridized carbons (Fsp3) is 0.533. The molecule has 48 heavy (non-hydrogen) atoms. The number of rotatable bonds is 14. The van der Waals surface area contributed by atoms with E-state index in [1.54, 1.807) is 24.3 Å².